The first-order valence-electron chi connectivity index (χ1n) is 6.80. The number of hydrogen-bond acceptors (Lipinski definition) is 2. The zero-order valence-electron chi connectivity index (χ0n) is 12.4. The molecule has 2 aromatic carbocycles. The third-order valence-electron chi connectivity index (χ3n) is 3.39. The molecule has 3 nitrogen and oxygen atoms in total. The Balaban J connectivity index is 2.28. The first kappa shape index (κ1) is 15.6. The van der Waals surface area contributed by atoms with Gasteiger partial charge in [-0.2, -0.15) is 0 Å². The Morgan fingerprint density at radius 2 is 2.05 bits per heavy atom. The summed E-state index contributed by atoms with van der Waals surface area (Å²) in [7, 11) is 1.60. The van der Waals surface area contributed by atoms with Gasteiger partial charge >= 0.3 is 0 Å². The summed E-state index contributed by atoms with van der Waals surface area (Å²) < 4.78 is 5.94. The van der Waals surface area contributed by atoms with Crippen LogP contribution in [0.15, 0.2) is 40.9 Å². The average molecular weight is 348 g/mol. The normalized spacial score (nSPS) is 10.3. The number of halogens is 1. The minimum absolute atomic E-state index is 0.123. The van der Waals surface area contributed by atoms with Crippen molar-refractivity contribution >= 4 is 27.5 Å². The van der Waals surface area contributed by atoms with E-state index in [0.717, 1.165) is 27.7 Å². The minimum atomic E-state index is -0.123. The Morgan fingerprint density at radius 1 is 1.29 bits per heavy atom. The summed E-state index contributed by atoms with van der Waals surface area (Å²) in [5.41, 5.74) is 3.69. The lowest BCUT2D eigenvalue weighted by Crippen LogP contribution is -2.14. The monoisotopic (exact) mass is 347 g/mol. The standard InChI is InChI=1S/C17H18BrNO2/c1-4-12-7-5-6-11(2)16(12)19-17(20)13-8-9-15(21-3)14(18)10-13/h5-10H,4H2,1-3H3,(H,19,20). The molecule has 0 saturated carbocycles. The fourth-order valence-corrected chi connectivity index (χ4v) is 2.74. The molecular formula is C17H18BrNO2. The number of methoxy groups -OCH3 is 1. The smallest absolute Gasteiger partial charge is 0.255 e. The SMILES string of the molecule is CCc1cccc(C)c1NC(=O)c1ccc(OC)c(Br)c1. The van der Waals surface area contributed by atoms with Crippen molar-refractivity contribution in [1.29, 1.82) is 0 Å². The highest BCUT2D eigenvalue weighted by molar-refractivity contribution is 9.10. The summed E-state index contributed by atoms with van der Waals surface area (Å²) >= 11 is 3.40. The van der Waals surface area contributed by atoms with E-state index >= 15 is 0 Å². The van der Waals surface area contributed by atoms with Gasteiger partial charge in [-0.1, -0.05) is 25.1 Å². The van der Waals surface area contributed by atoms with Gasteiger partial charge in [-0.3, -0.25) is 4.79 Å². The van der Waals surface area contributed by atoms with Gasteiger partial charge in [0.15, 0.2) is 0 Å². The van der Waals surface area contributed by atoms with Gasteiger partial charge in [-0.15, -0.1) is 0 Å². The Labute approximate surface area is 133 Å². The molecular weight excluding hydrogens is 330 g/mol. The van der Waals surface area contributed by atoms with Crippen molar-refractivity contribution in [2.24, 2.45) is 0 Å². The molecule has 0 bridgehead atoms. The van der Waals surface area contributed by atoms with Crippen molar-refractivity contribution in [2.45, 2.75) is 20.3 Å². The number of para-hydroxylation sites is 1. The Kier molecular flexibility index (Phi) is 5.02. The van der Waals surface area contributed by atoms with Gasteiger partial charge in [0.2, 0.25) is 0 Å². The summed E-state index contributed by atoms with van der Waals surface area (Å²) in [5.74, 6) is 0.582. The van der Waals surface area contributed by atoms with Crippen LogP contribution in [0.4, 0.5) is 5.69 Å². The van der Waals surface area contributed by atoms with E-state index in [0.29, 0.717) is 11.3 Å². The van der Waals surface area contributed by atoms with E-state index in [4.69, 9.17) is 4.74 Å². The molecule has 0 aliphatic carbocycles. The first-order valence-corrected chi connectivity index (χ1v) is 7.59. The lowest BCUT2D eigenvalue weighted by Gasteiger charge is -2.13. The number of hydrogen-bond donors (Lipinski definition) is 1. The summed E-state index contributed by atoms with van der Waals surface area (Å²) in [4.78, 5) is 12.4. The van der Waals surface area contributed by atoms with Crippen LogP contribution in [0.1, 0.15) is 28.4 Å². The van der Waals surface area contributed by atoms with Crippen molar-refractivity contribution < 1.29 is 9.53 Å². The summed E-state index contributed by atoms with van der Waals surface area (Å²) in [6, 6.07) is 11.3. The molecule has 0 aromatic heterocycles. The number of rotatable bonds is 4. The van der Waals surface area contributed by atoms with Gasteiger partial charge in [-0.05, 0) is 58.6 Å². The third kappa shape index (κ3) is 3.45. The lowest BCUT2D eigenvalue weighted by molar-refractivity contribution is 0.102. The largest absolute Gasteiger partial charge is 0.496 e. The third-order valence-corrected chi connectivity index (χ3v) is 4.01. The number of carbonyl (C=O) groups excluding carboxylic acids is 1. The quantitative estimate of drug-likeness (QED) is 0.878. The van der Waals surface area contributed by atoms with E-state index in [1.807, 2.05) is 25.1 Å². The number of carbonyl (C=O) groups is 1. The van der Waals surface area contributed by atoms with E-state index in [-0.39, 0.29) is 5.91 Å². The van der Waals surface area contributed by atoms with Crippen molar-refractivity contribution in [1.82, 2.24) is 0 Å². The van der Waals surface area contributed by atoms with Gasteiger partial charge in [0.25, 0.3) is 5.91 Å². The van der Waals surface area contributed by atoms with Crippen LogP contribution in [0.2, 0.25) is 0 Å². The molecule has 1 N–H and O–H groups in total. The maximum Gasteiger partial charge on any atom is 0.255 e. The van der Waals surface area contributed by atoms with Gasteiger partial charge in [0.1, 0.15) is 5.75 Å². The molecule has 0 spiro atoms. The summed E-state index contributed by atoms with van der Waals surface area (Å²) in [6.07, 6.45) is 0.879. The Bertz CT molecular complexity index is 668. The molecule has 2 aromatic rings. The minimum Gasteiger partial charge on any atom is -0.496 e. The van der Waals surface area contributed by atoms with Crippen LogP contribution in [0.25, 0.3) is 0 Å². The van der Waals surface area contributed by atoms with Crippen LogP contribution in [-0.2, 0) is 6.42 Å². The van der Waals surface area contributed by atoms with Crippen LogP contribution in [0, 0.1) is 6.92 Å². The fourth-order valence-electron chi connectivity index (χ4n) is 2.20. The van der Waals surface area contributed by atoms with Crippen LogP contribution in [0.5, 0.6) is 5.75 Å². The number of nitrogens with one attached hydrogen (secondary N) is 1. The number of ether oxygens (including phenoxy) is 1. The van der Waals surface area contributed by atoms with Gasteiger partial charge in [0, 0.05) is 11.3 Å². The van der Waals surface area contributed by atoms with Crippen LogP contribution in [-0.4, -0.2) is 13.0 Å². The predicted octanol–water partition coefficient (Wildman–Crippen LogP) is 4.58. The van der Waals surface area contributed by atoms with E-state index in [9.17, 15) is 4.79 Å². The second kappa shape index (κ2) is 6.76. The molecule has 0 aliphatic heterocycles. The predicted molar refractivity (Wildman–Crippen MR) is 89.2 cm³/mol. The molecule has 21 heavy (non-hydrogen) atoms. The lowest BCUT2D eigenvalue weighted by atomic mass is 10.1. The molecule has 4 heteroatoms. The molecule has 0 unspecified atom stereocenters. The van der Waals surface area contributed by atoms with E-state index in [2.05, 4.69) is 28.2 Å². The fraction of sp³-hybridized carbons (Fsp3) is 0.235. The highest BCUT2D eigenvalue weighted by Gasteiger charge is 2.12. The van der Waals surface area contributed by atoms with E-state index < -0.39 is 0 Å². The molecule has 110 valence electrons. The average Bonchev–Trinajstić information content (AvgIpc) is 2.49. The van der Waals surface area contributed by atoms with Crippen LogP contribution in [0.3, 0.4) is 0 Å². The molecule has 2 rings (SSSR count). The van der Waals surface area contributed by atoms with Gasteiger partial charge in [-0.25, -0.2) is 0 Å². The highest BCUT2D eigenvalue weighted by atomic mass is 79.9. The number of aryl methyl sites for hydroxylation is 2. The zero-order chi connectivity index (χ0) is 15.4. The van der Waals surface area contributed by atoms with Crippen LogP contribution >= 0.6 is 15.9 Å². The second-order valence-electron chi connectivity index (χ2n) is 4.77. The van der Waals surface area contributed by atoms with E-state index in [1.165, 1.54) is 0 Å². The van der Waals surface area contributed by atoms with Gasteiger partial charge < -0.3 is 10.1 Å². The number of anilines is 1. The van der Waals surface area contributed by atoms with Crippen molar-refractivity contribution in [3.63, 3.8) is 0 Å². The molecule has 0 atom stereocenters. The zero-order valence-corrected chi connectivity index (χ0v) is 14.0. The first-order chi connectivity index (χ1) is 10.1. The molecule has 1 amide bonds. The van der Waals surface area contributed by atoms with Crippen molar-refractivity contribution in [3.8, 4) is 5.75 Å². The maximum absolute atomic E-state index is 12.4. The second-order valence-corrected chi connectivity index (χ2v) is 5.62. The van der Waals surface area contributed by atoms with E-state index in [1.54, 1.807) is 25.3 Å². The molecule has 0 radical (unpaired) electrons. The van der Waals surface area contributed by atoms with Crippen LogP contribution < -0.4 is 10.1 Å². The van der Waals surface area contributed by atoms with Gasteiger partial charge in [0.05, 0.1) is 11.6 Å². The van der Waals surface area contributed by atoms with Crippen molar-refractivity contribution in [3.05, 3.63) is 57.6 Å². The van der Waals surface area contributed by atoms with Crippen molar-refractivity contribution in [2.75, 3.05) is 12.4 Å². The number of amides is 1. The summed E-state index contributed by atoms with van der Waals surface area (Å²) in [6.45, 7) is 4.08. The topological polar surface area (TPSA) is 38.3 Å². The molecule has 0 fully saturated rings. The highest BCUT2D eigenvalue weighted by Crippen LogP contribution is 2.27. The number of benzene rings is 2. The Morgan fingerprint density at radius 3 is 2.67 bits per heavy atom. The molecule has 0 aliphatic rings. The maximum atomic E-state index is 12.4. The molecule has 0 heterocycles. The molecule has 0 saturated heterocycles. The summed E-state index contributed by atoms with van der Waals surface area (Å²) in [5, 5.41) is 3.01. The Hall–Kier alpha value is -1.81.